The Kier molecular flexibility index (Phi) is 3.57. The molecule has 1 N–H and O–H groups in total. The van der Waals surface area contributed by atoms with Gasteiger partial charge in [-0.1, -0.05) is 0 Å². The molecule has 0 amide bonds. The van der Waals surface area contributed by atoms with E-state index in [0.717, 1.165) is 51.1 Å². The van der Waals surface area contributed by atoms with Crippen LogP contribution in [0.15, 0.2) is 18.2 Å². The van der Waals surface area contributed by atoms with Crippen molar-refractivity contribution in [2.75, 3.05) is 31.1 Å². The summed E-state index contributed by atoms with van der Waals surface area (Å²) in [5, 5.41) is 9.77. The molecule has 5 heteroatoms. The maximum atomic E-state index is 13.4. The summed E-state index contributed by atoms with van der Waals surface area (Å²) in [6, 6.07) is 4.73. The third-order valence-corrected chi connectivity index (χ3v) is 5.81. The van der Waals surface area contributed by atoms with Gasteiger partial charge in [-0.3, -0.25) is 4.90 Å². The Hall–Kier alpha value is -1.20. The van der Waals surface area contributed by atoms with Crippen LogP contribution in [0.2, 0.25) is 0 Å². The molecule has 2 saturated heterocycles. The molecule has 3 aliphatic rings. The zero-order chi connectivity index (χ0) is 15.3. The van der Waals surface area contributed by atoms with Crippen molar-refractivity contribution in [2.24, 2.45) is 11.8 Å². The fourth-order valence-electron chi connectivity index (χ4n) is 4.37. The van der Waals surface area contributed by atoms with Crippen LogP contribution in [0.4, 0.5) is 14.5 Å². The van der Waals surface area contributed by atoms with Gasteiger partial charge in [0, 0.05) is 49.9 Å². The second kappa shape index (κ2) is 5.46. The van der Waals surface area contributed by atoms with Crippen LogP contribution in [0, 0.1) is 23.5 Å². The first kappa shape index (κ1) is 14.4. The smallest absolute Gasteiger partial charge is 0.160 e. The van der Waals surface area contributed by atoms with Gasteiger partial charge in [-0.25, -0.2) is 8.78 Å². The predicted molar refractivity (Wildman–Crippen MR) is 80.8 cm³/mol. The minimum Gasteiger partial charge on any atom is -0.393 e. The third kappa shape index (κ3) is 2.40. The Labute approximate surface area is 129 Å². The van der Waals surface area contributed by atoms with Crippen molar-refractivity contribution >= 4 is 5.69 Å². The number of hydrogen-bond donors (Lipinski definition) is 1. The quantitative estimate of drug-likeness (QED) is 0.908. The number of likely N-dealkylation sites (tertiary alicyclic amines) is 1. The molecule has 2 aliphatic heterocycles. The number of fused-ring (bicyclic) bond motifs is 1. The number of halogens is 2. The lowest BCUT2D eigenvalue weighted by Gasteiger charge is -2.38. The average Bonchev–Trinajstić information content (AvgIpc) is 2.87. The van der Waals surface area contributed by atoms with Gasteiger partial charge in [0.1, 0.15) is 0 Å². The molecule has 0 aromatic heterocycles. The van der Waals surface area contributed by atoms with Crippen LogP contribution in [0.3, 0.4) is 0 Å². The second-order valence-electron chi connectivity index (χ2n) is 7.00. The third-order valence-electron chi connectivity index (χ3n) is 5.81. The minimum absolute atomic E-state index is 0.0859. The van der Waals surface area contributed by atoms with Crippen molar-refractivity contribution in [3.63, 3.8) is 0 Å². The van der Waals surface area contributed by atoms with Crippen LogP contribution in [0.25, 0.3) is 0 Å². The monoisotopic (exact) mass is 308 g/mol. The maximum Gasteiger partial charge on any atom is 0.160 e. The van der Waals surface area contributed by atoms with Crippen molar-refractivity contribution in [1.82, 2.24) is 4.90 Å². The van der Waals surface area contributed by atoms with Crippen molar-refractivity contribution in [3.05, 3.63) is 29.8 Å². The van der Waals surface area contributed by atoms with Crippen molar-refractivity contribution < 1.29 is 13.9 Å². The molecule has 3 nitrogen and oxygen atoms in total. The van der Waals surface area contributed by atoms with Gasteiger partial charge < -0.3 is 10.0 Å². The molecule has 3 fully saturated rings. The van der Waals surface area contributed by atoms with Crippen LogP contribution in [-0.2, 0) is 0 Å². The molecular weight excluding hydrogens is 286 g/mol. The molecule has 0 bridgehead atoms. The Balaban J connectivity index is 1.35. The molecule has 0 spiro atoms. The van der Waals surface area contributed by atoms with E-state index in [1.54, 1.807) is 6.07 Å². The number of hydrogen-bond acceptors (Lipinski definition) is 3. The lowest BCUT2D eigenvalue weighted by molar-refractivity contribution is -0.00448. The number of anilines is 1. The van der Waals surface area contributed by atoms with E-state index in [9.17, 15) is 13.9 Å². The SMILES string of the molecule is O[C@H]1C[C@@H]2CN(C3CCN(c4ccc(F)c(F)c4)CC3)C[C@@H]21. The Morgan fingerprint density at radius 2 is 1.82 bits per heavy atom. The number of benzene rings is 1. The molecule has 2 heterocycles. The molecule has 1 aromatic rings. The fraction of sp³-hybridized carbons (Fsp3) is 0.647. The number of aliphatic hydroxyl groups excluding tert-OH is 1. The Morgan fingerprint density at radius 3 is 2.45 bits per heavy atom. The molecule has 0 unspecified atom stereocenters. The summed E-state index contributed by atoms with van der Waals surface area (Å²) in [6.07, 6.45) is 2.98. The number of aliphatic hydroxyl groups is 1. The summed E-state index contributed by atoms with van der Waals surface area (Å²) >= 11 is 0. The Bertz CT molecular complexity index is 560. The van der Waals surface area contributed by atoms with E-state index in [1.807, 2.05) is 0 Å². The molecule has 0 radical (unpaired) electrons. The normalized spacial score (nSPS) is 32.9. The topological polar surface area (TPSA) is 26.7 Å². The van der Waals surface area contributed by atoms with E-state index >= 15 is 0 Å². The van der Waals surface area contributed by atoms with E-state index < -0.39 is 11.6 Å². The summed E-state index contributed by atoms with van der Waals surface area (Å²) in [6.45, 7) is 3.91. The maximum absolute atomic E-state index is 13.4. The van der Waals surface area contributed by atoms with E-state index in [-0.39, 0.29) is 6.10 Å². The Morgan fingerprint density at radius 1 is 1.05 bits per heavy atom. The van der Waals surface area contributed by atoms with Crippen LogP contribution in [-0.4, -0.2) is 48.3 Å². The molecule has 1 aromatic carbocycles. The first-order chi connectivity index (χ1) is 10.6. The highest BCUT2D eigenvalue weighted by molar-refractivity contribution is 5.47. The van der Waals surface area contributed by atoms with Crippen LogP contribution in [0.5, 0.6) is 0 Å². The lowest BCUT2D eigenvalue weighted by atomic mass is 9.74. The second-order valence-corrected chi connectivity index (χ2v) is 7.00. The number of piperidine rings is 1. The summed E-state index contributed by atoms with van der Waals surface area (Å²) < 4.78 is 26.4. The molecule has 1 aliphatic carbocycles. The first-order valence-corrected chi connectivity index (χ1v) is 8.24. The predicted octanol–water partition coefficient (Wildman–Crippen LogP) is 2.25. The summed E-state index contributed by atoms with van der Waals surface area (Å²) in [4.78, 5) is 4.67. The van der Waals surface area contributed by atoms with Crippen LogP contribution in [0.1, 0.15) is 19.3 Å². The highest BCUT2D eigenvalue weighted by Crippen LogP contribution is 2.42. The summed E-state index contributed by atoms with van der Waals surface area (Å²) in [5.41, 5.74) is 0.772. The lowest BCUT2D eigenvalue weighted by Crippen LogP contribution is -2.44. The van der Waals surface area contributed by atoms with Gasteiger partial charge in [0.2, 0.25) is 0 Å². The molecule has 4 rings (SSSR count). The zero-order valence-corrected chi connectivity index (χ0v) is 12.6. The van der Waals surface area contributed by atoms with Crippen molar-refractivity contribution in [2.45, 2.75) is 31.4 Å². The van der Waals surface area contributed by atoms with Gasteiger partial charge in [0.25, 0.3) is 0 Å². The van der Waals surface area contributed by atoms with Gasteiger partial charge in [-0.15, -0.1) is 0 Å². The van der Waals surface area contributed by atoms with Gasteiger partial charge in [0.05, 0.1) is 6.10 Å². The van der Waals surface area contributed by atoms with E-state index in [1.165, 1.54) is 12.1 Å². The molecule has 22 heavy (non-hydrogen) atoms. The van der Waals surface area contributed by atoms with Crippen LogP contribution < -0.4 is 4.90 Å². The highest BCUT2D eigenvalue weighted by Gasteiger charge is 2.47. The van der Waals surface area contributed by atoms with Crippen LogP contribution >= 0.6 is 0 Å². The average molecular weight is 308 g/mol. The first-order valence-electron chi connectivity index (χ1n) is 8.24. The zero-order valence-electron chi connectivity index (χ0n) is 12.6. The van der Waals surface area contributed by atoms with Crippen molar-refractivity contribution in [3.8, 4) is 0 Å². The van der Waals surface area contributed by atoms with E-state index in [0.29, 0.717) is 17.9 Å². The molecule has 1 saturated carbocycles. The van der Waals surface area contributed by atoms with E-state index in [2.05, 4.69) is 9.80 Å². The summed E-state index contributed by atoms with van der Waals surface area (Å²) in [7, 11) is 0. The fourth-order valence-corrected chi connectivity index (χ4v) is 4.37. The minimum atomic E-state index is -0.787. The standard InChI is InChI=1S/C17H22F2N2O/c18-15-2-1-13(8-16(15)19)20-5-3-12(4-6-20)21-9-11-7-17(22)14(11)10-21/h1-2,8,11-12,14,17,22H,3-7,9-10H2/t11-,14+,17+/m1/s1. The van der Waals surface area contributed by atoms with Crippen molar-refractivity contribution in [1.29, 1.82) is 0 Å². The van der Waals surface area contributed by atoms with Gasteiger partial charge in [-0.05, 0) is 37.3 Å². The largest absolute Gasteiger partial charge is 0.393 e. The van der Waals surface area contributed by atoms with E-state index in [4.69, 9.17) is 0 Å². The molecule has 3 atom stereocenters. The number of nitrogens with zero attached hydrogens (tertiary/aromatic N) is 2. The summed E-state index contributed by atoms with van der Waals surface area (Å²) in [5.74, 6) is -0.377. The molecule has 120 valence electrons. The highest BCUT2D eigenvalue weighted by atomic mass is 19.2. The number of rotatable bonds is 2. The molecular formula is C17H22F2N2O. The van der Waals surface area contributed by atoms with Gasteiger partial charge in [-0.2, -0.15) is 0 Å². The van der Waals surface area contributed by atoms with Gasteiger partial charge in [0.15, 0.2) is 11.6 Å². The van der Waals surface area contributed by atoms with Gasteiger partial charge >= 0.3 is 0 Å².